The maximum Gasteiger partial charge on any atom is 0.428 e. The number of ether oxygens (including phenoxy) is 3. The molecule has 0 saturated carbocycles. The fourth-order valence-electron chi connectivity index (χ4n) is 2.39. The number of hydrogen-bond donors (Lipinski definition) is 0. The highest BCUT2D eigenvalue weighted by Gasteiger charge is 2.33. The van der Waals surface area contributed by atoms with Gasteiger partial charge in [0.25, 0.3) is 10.0 Å². The second-order valence-corrected chi connectivity index (χ2v) is 9.16. The Bertz CT molecular complexity index is 965. The largest absolute Gasteiger partial charge is 0.443 e. The van der Waals surface area contributed by atoms with E-state index in [1.165, 1.54) is 31.2 Å². The number of rotatable bonds is 7. The Morgan fingerprint density at radius 2 is 1.57 bits per heavy atom. The van der Waals surface area contributed by atoms with Gasteiger partial charge in [-0.25, -0.2) is 13.2 Å². The Morgan fingerprint density at radius 3 is 2.10 bits per heavy atom. The fraction of sp³-hybridized carbons (Fsp3) is 0.333. The molecule has 0 aliphatic carbocycles. The number of carbonyl (C=O) groups is 2. The maximum absolute atomic E-state index is 12.9. The SMILES string of the molecule is CC(=O)Oc1ccc(N(C(=O)OC(C)(C)C)S(=O)(=O)COCc2ccccc2)cc1. The average Bonchev–Trinajstić information content (AvgIpc) is 2.62. The first kappa shape index (κ1) is 23.4. The van der Waals surface area contributed by atoms with Crippen molar-refractivity contribution in [3.8, 4) is 5.75 Å². The van der Waals surface area contributed by atoms with Crippen molar-refractivity contribution in [3.63, 3.8) is 0 Å². The van der Waals surface area contributed by atoms with Crippen LogP contribution in [-0.4, -0.2) is 32.0 Å². The molecule has 0 aliphatic rings. The van der Waals surface area contributed by atoms with Gasteiger partial charge in [0, 0.05) is 6.92 Å². The molecule has 2 aromatic carbocycles. The van der Waals surface area contributed by atoms with Crippen LogP contribution in [0.5, 0.6) is 5.75 Å². The summed E-state index contributed by atoms with van der Waals surface area (Å²) in [4.78, 5) is 23.8. The fourth-order valence-corrected chi connectivity index (χ4v) is 3.50. The number of sulfonamides is 1. The van der Waals surface area contributed by atoms with Crippen LogP contribution >= 0.6 is 0 Å². The van der Waals surface area contributed by atoms with Crippen LogP contribution in [0.3, 0.4) is 0 Å². The van der Waals surface area contributed by atoms with E-state index in [-0.39, 0.29) is 18.0 Å². The molecule has 0 aromatic heterocycles. The minimum absolute atomic E-state index is 0.0310. The van der Waals surface area contributed by atoms with Gasteiger partial charge >= 0.3 is 12.1 Å². The topological polar surface area (TPSA) is 99.2 Å². The zero-order valence-electron chi connectivity index (χ0n) is 17.3. The number of esters is 1. The molecule has 162 valence electrons. The van der Waals surface area contributed by atoms with Crippen molar-refractivity contribution in [3.05, 3.63) is 60.2 Å². The molecule has 2 rings (SSSR count). The molecule has 0 aliphatic heterocycles. The minimum atomic E-state index is -4.22. The van der Waals surface area contributed by atoms with Crippen molar-refractivity contribution >= 4 is 27.8 Å². The summed E-state index contributed by atoms with van der Waals surface area (Å²) in [6, 6.07) is 14.5. The van der Waals surface area contributed by atoms with Crippen molar-refractivity contribution in [2.24, 2.45) is 0 Å². The lowest BCUT2D eigenvalue weighted by Crippen LogP contribution is -2.42. The number of benzene rings is 2. The summed E-state index contributed by atoms with van der Waals surface area (Å²) in [7, 11) is -4.22. The van der Waals surface area contributed by atoms with Crippen LogP contribution in [0, 0.1) is 0 Å². The van der Waals surface area contributed by atoms with Gasteiger partial charge in [-0.3, -0.25) is 4.79 Å². The van der Waals surface area contributed by atoms with Crippen LogP contribution in [-0.2, 0) is 30.9 Å². The first-order valence-corrected chi connectivity index (χ1v) is 10.7. The van der Waals surface area contributed by atoms with Crippen LogP contribution < -0.4 is 9.04 Å². The quantitative estimate of drug-likeness (QED) is 0.481. The Kier molecular flexibility index (Phi) is 7.58. The maximum atomic E-state index is 12.9. The van der Waals surface area contributed by atoms with Crippen LogP contribution in [0.2, 0.25) is 0 Å². The smallest absolute Gasteiger partial charge is 0.428 e. The average molecular weight is 435 g/mol. The van der Waals surface area contributed by atoms with E-state index in [4.69, 9.17) is 14.2 Å². The summed E-state index contributed by atoms with van der Waals surface area (Å²) in [5.74, 6) is -1.03. The second-order valence-electron chi connectivity index (χ2n) is 7.40. The van der Waals surface area contributed by atoms with Crippen LogP contribution in [0.25, 0.3) is 0 Å². The summed E-state index contributed by atoms with van der Waals surface area (Å²) in [5, 5.41) is 0. The highest BCUT2D eigenvalue weighted by atomic mass is 32.2. The molecule has 0 saturated heterocycles. The van der Waals surface area contributed by atoms with E-state index < -0.39 is 33.6 Å². The molecule has 2 aromatic rings. The Labute approximate surface area is 176 Å². The Balaban J connectivity index is 2.25. The molecule has 0 unspecified atom stereocenters. The Hall–Kier alpha value is -2.91. The van der Waals surface area contributed by atoms with E-state index in [0.717, 1.165) is 5.56 Å². The van der Waals surface area contributed by atoms with Gasteiger partial charge in [0.15, 0.2) is 5.94 Å². The number of nitrogens with zero attached hydrogens (tertiary/aromatic N) is 1. The Morgan fingerprint density at radius 1 is 0.967 bits per heavy atom. The third kappa shape index (κ3) is 7.16. The number of hydrogen-bond acceptors (Lipinski definition) is 7. The van der Waals surface area contributed by atoms with Crippen LogP contribution in [0.4, 0.5) is 10.5 Å². The monoisotopic (exact) mass is 435 g/mol. The van der Waals surface area contributed by atoms with Gasteiger partial charge in [0.05, 0.1) is 12.3 Å². The predicted molar refractivity (Wildman–Crippen MR) is 111 cm³/mol. The van der Waals surface area contributed by atoms with E-state index in [0.29, 0.717) is 4.31 Å². The molecule has 30 heavy (non-hydrogen) atoms. The minimum Gasteiger partial charge on any atom is -0.443 e. The molecule has 0 atom stereocenters. The molecular formula is C21H25NO7S. The van der Waals surface area contributed by atoms with Gasteiger partial charge in [-0.05, 0) is 50.6 Å². The number of anilines is 1. The molecule has 0 radical (unpaired) electrons. The lowest BCUT2D eigenvalue weighted by molar-refractivity contribution is -0.131. The van der Waals surface area contributed by atoms with E-state index >= 15 is 0 Å². The summed E-state index contributed by atoms with van der Waals surface area (Å²) < 4.78 is 41.9. The highest BCUT2D eigenvalue weighted by Crippen LogP contribution is 2.25. The zero-order chi connectivity index (χ0) is 22.4. The second kappa shape index (κ2) is 9.73. The molecule has 0 N–H and O–H groups in total. The standard InChI is InChI=1S/C21H25NO7S/c1-16(23)28-19-12-10-18(11-13-19)22(20(24)29-21(2,3)4)30(25,26)15-27-14-17-8-6-5-7-9-17/h5-13H,14-15H2,1-4H3. The number of amides is 1. The van der Waals surface area contributed by atoms with Gasteiger partial charge in [-0.15, -0.1) is 0 Å². The zero-order valence-corrected chi connectivity index (χ0v) is 18.1. The third-order valence-electron chi connectivity index (χ3n) is 3.51. The molecule has 0 fully saturated rings. The van der Waals surface area contributed by atoms with E-state index in [2.05, 4.69) is 0 Å². The molecule has 1 amide bonds. The molecular weight excluding hydrogens is 410 g/mol. The molecule has 0 bridgehead atoms. The summed E-state index contributed by atoms with van der Waals surface area (Å²) >= 11 is 0. The van der Waals surface area contributed by atoms with E-state index in [1.807, 2.05) is 18.2 Å². The third-order valence-corrected chi connectivity index (χ3v) is 4.89. The summed E-state index contributed by atoms with van der Waals surface area (Å²) in [6.45, 7) is 6.20. The molecule has 0 spiro atoms. The van der Waals surface area contributed by atoms with Crippen molar-refractivity contribution in [1.29, 1.82) is 0 Å². The van der Waals surface area contributed by atoms with Gasteiger partial charge < -0.3 is 14.2 Å². The van der Waals surface area contributed by atoms with E-state index in [9.17, 15) is 18.0 Å². The van der Waals surface area contributed by atoms with E-state index in [1.54, 1.807) is 32.9 Å². The first-order valence-electron chi connectivity index (χ1n) is 9.14. The molecule has 9 heteroatoms. The van der Waals surface area contributed by atoms with Gasteiger partial charge in [0.2, 0.25) is 0 Å². The van der Waals surface area contributed by atoms with Gasteiger partial charge in [-0.2, -0.15) is 4.31 Å². The predicted octanol–water partition coefficient (Wildman–Crippen LogP) is 3.86. The summed E-state index contributed by atoms with van der Waals surface area (Å²) in [6.07, 6.45) is -1.06. The normalized spacial score (nSPS) is 11.6. The molecule has 0 heterocycles. The van der Waals surface area contributed by atoms with Crippen molar-refractivity contribution in [2.75, 3.05) is 10.2 Å². The van der Waals surface area contributed by atoms with Crippen molar-refractivity contribution < 1.29 is 32.2 Å². The lowest BCUT2D eigenvalue weighted by Gasteiger charge is -2.27. The lowest BCUT2D eigenvalue weighted by atomic mass is 10.2. The van der Waals surface area contributed by atoms with Gasteiger partial charge in [-0.1, -0.05) is 30.3 Å². The molecule has 8 nitrogen and oxygen atoms in total. The number of carbonyl (C=O) groups excluding carboxylic acids is 2. The van der Waals surface area contributed by atoms with Crippen LogP contribution in [0.15, 0.2) is 54.6 Å². The van der Waals surface area contributed by atoms with Crippen molar-refractivity contribution in [1.82, 2.24) is 0 Å². The first-order chi connectivity index (χ1) is 14.0. The summed E-state index contributed by atoms with van der Waals surface area (Å²) in [5.41, 5.74) is -0.0846. The van der Waals surface area contributed by atoms with Gasteiger partial charge in [0.1, 0.15) is 11.4 Å². The highest BCUT2D eigenvalue weighted by molar-refractivity contribution is 7.93. The van der Waals surface area contributed by atoms with Crippen molar-refractivity contribution in [2.45, 2.75) is 39.9 Å². The van der Waals surface area contributed by atoms with Crippen LogP contribution in [0.1, 0.15) is 33.3 Å².